The van der Waals surface area contributed by atoms with Crippen LogP contribution in [-0.2, 0) is 20.0 Å². The number of hydrogen-bond acceptors (Lipinski definition) is 5. The molecule has 120 valence electrons. The van der Waals surface area contributed by atoms with Crippen LogP contribution in [0.15, 0.2) is 16.8 Å². The van der Waals surface area contributed by atoms with Crippen LogP contribution in [0.2, 0.25) is 0 Å². The van der Waals surface area contributed by atoms with Crippen molar-refractivity contribution >= 4 is 0 Å². The molecule has 1 saturated heterocycles. The Kier molecular flexibility index (Phi) is 4.57. The minimum absolute atomic E-state index is 0.291. The van der Waals surface area contributed by atoms with Crippen molar-refractivity contribution in [3.63, 3.8) is 0 Å². The molecule has 1 unspecified atom stereocenters. The highest BCUT2D eigenvalue weighted by Gasteiger charge is 2.23. The van der Waals surface area contributed by atoms with Crippen molar-refractivity contribution in [2.24, 2.45) is 13.0 Å². The Morgan fingerprint density at radius 2 is 2.23 bits per heavy atom. The number of aryl methyl sites for hydroxylation is 1. The van der Waals surface area contributed by atoms with Gasteiger partial charge in [-0.2, -0.15) is 0 Å². The summed E-state index contributed by atoms with van der Waals surface area (Å²) in [6.45, 7) is 7.08. The monoisotopic (exact) mass is 303 g/mol. The van der Waals surface area contributed by atoms with Crippen LogP contribution in [0.1, 0.15) is 50.2 Å². The lowest BCUT2D eigenvalue weighted by Gasteiger charge is -2.31. The molecule has 0 aromatic carbocycles. The van der Waals surface area contributed by atoms with Crippen molar-refractivity contribution in [1.82, 2.24) is 24.6 Å². The Morgan fingerprint density at radius 1 is 1.36 bits per heavy atom. The molecule has 0 radical (unpaired) electrons. The molecule has 6 nitrogen and oxygen atoms in total. The third-order valence-electron chi connectivity index (χ3n) is 4.33. The van der Waals surface area contributed by atoms with Gasteiger partial charge in [0, 0.05) is 38.3 Å². The van der Waals surface area contributed by atoms with Crippen LogP contribution >= 0.6 is 0 Å². The van der Waals surface area contributed by atoms with Crippen molar-refractivity contribution in [3.05, 3.63) is 30.0 Å². The summed E-state index contributed by atoms with van der Waals surface area (Å²) in [5, 5.41) is 8.29. The lowest BCUT2D eigenvalue weighted by atomic mass is 9.94. The van der Waals surface area contributed by atoms with Crippen LogP contribution in [0.4, 0.5) is 0 Å². The van der Waals surface area contributed by atoms with Crippen LogP contribution < -0.4 is 0 Å². The fraction of sp³-hybridized carbons (Fsp3) is 0.688. The Bertz CT molecular complexity index is 603. The Balaban J connectivity index is 1.57. The van der Waals surface area contributed by atoms with E-state index >= 15 is 0 Å². The summed E-state index contributed by atoms with van der Waals surface area (Å²) in [5.74, 6) is 3.59. The van der Waals surface area contributed by atoms with Crippen LogP contribution in [0.25, 0.3) is 0 Å². The molecular weight excluding hydrogens is 278 g/mol. The lowest BCUT2D eigenvalue weighted by molar-refractivity contribution is 0.151. The number of piperidine rings is 1. The molecule has 3 heterocycles. The van der Waals surface area contributed by atoms with E-state index in [0.717, 1.165) is 37.8 Å². The van der Waals surface area contributed by atoms with Gasteiger partial charge in [0.05, 0.1) is 6.54 Å². The normalized spacial score (nSPS) is 19.9. The number of nitrogens with zero attached hydrogens (tertiary/aromatic N) is 5. The summed E-state index contributed by atoms with van der Waals surface area (Å²) >= 11 is 0. The maximum absolute atomic E-state index is 5.73. The second-order valence-corrected chi connectivity index (χ2v) is 6.59. The third kappa shape index (κ3) is 3.55. The summed E-state index contributed by atoms with van der Waals surface area (Å²) in [6, 6.07) is 0. The van der Waals surface area contributed by atoms with E-state index in [1.165, 1.54) is 18.7 Å². The van der Waals surface area contributed by atoms with Gasteiger partial charge in [-0.15, -0.1) is 10.2 Å². The topological polar surface area (TPSA) is 60.0 Å². The van der Waals surface area contributed by atoms with Gasteiger partial charge in [-0.05, 0) is 25.3 Å². The van der Waals surface area contributed by atoms with Crippen LogP contribution in [0, 0.1) is 5.92 Å². The summed E-state index contributed by atoms with van der Waals surface area (Å²) in [7, 11) is 2.06. The fourth-order valence-corrected chi connectivity index (χ4v) is 3.07. The standard InChI is InChI=1S/C16H25N5O/c1-12(2)16-19-18-15(22-16)11-21-7-4-5-13(10-21)9-14-17-6-8-20(14)3/h6,8,12-13H,4-5,7,9-11H2,1-3H3. The average molecular weight is 303 g/mol. The van der Waals surface area contributed by atoms with E-state index in [2.05, 4.69) is 45.5 Å². The minimum Gasteiger partial charge on any atom is -0.424 e. The van der Waals surface area contributed by atoms with E-state index in [-0.39, 0.29) is 0 Å². The fourth-order valence-electron chi connectivity index (χ4n) is 3.07. The van der Waals surface area contributed by atoms with Crippen molar-refractivity contribution in [3.8, 4) is 0 Å². The molecule has 6 heteroatoms. The molecule has 1 aliphatic rings. The van der Waals surface area contributed by atoms with Gasteiger partial charge in [0.15, 0.2) is 0 Å². The number of likely N-dealkylation sites (tertiary alicyclic amines) is 1. The number of hydrogen-bond donors (Lipinski definition) is 0. The molecule has 1 fully saturated rings. The van der Waals surface area contributed by atoms with Crippen molar-refractivity contribution in [1.29, 1.82) is 0 Å². The predicted molar refractivity (Wildman–Crippen MR) is 83.3 cm³/mol. The first kappa shape index (κ1) is 15.2. The summed E-state index contributed by atoms with van der Waals surface area (Å²) in [6.07, 6.45) is 7.43. The van der Waals surface area contributed by atoms with E-state index in [1.54, 1.807) is 0 Å². The second-order valence-electron chi connectivity index (χ2n) is 6.59. The van der Waals surface area contributed by atoms with E-state index < -0.39 is 0 Å². The second kappa shape index (κ2) is 6.60. The number of imidazole rings is 1. The molecule has 2 aromatic rings. The summed E-state index contributed by atoms with van der Waals surface area (Å²) < 4.78 is 7.84. The Hall–Kier alpha value is -1.69. The van der Waals surface area contributed by atoms with Gasteiger partial charge in [-0.25, -0.2) is 4.98 Å². The average Bonchev–Trinajstić information content (AvgIpc) is 3.10. The van der Waals surface area contributed by atoms with E-state index in [9.17, 15) is 0 Å². The quantitative estimate of drug-likeness (QED) is 0.848. The Labute approximate surface area is 131 Å². The molecule has 0 N–H and O–H groups in total. The molecule has 0 amide bonds. The molecule has 0 spiro atoms. The first-order chi connectivity index (χ1) is 10.6. The maximum atomic E-state index is 5.73. The highest BCUT2D eigenvalue weighted by Crippen LogP contribution is 2.22. The van der Waals surface area contributed by atoms with Gasteiger partial charge in [-0.1, -0.05) is 13.8 Å². The zero-order chi connectivity index (χ0) is 15.5. The first-order valence-electron chi connectivity index (χ1n) is 8.12. The minimum atomic E-state index is 0.291. The van der Waals surface area contributed by atoms with Gasteiger partial charge in [0.25, 0.3) is 0 Å². The van der Waals surface area contributed by atoms with Crippen molar-refractivity contribution < 1.29 is 4.42 Å². The van der Waals surface area contributed by atoms with Crippen LogP contribution in [0.3, 0.4) is 0 Å². The van der Waals surface area contributed by atoms with Crippen LogP contribution in [0.5, 0.6) is 0 Å². The van der Waals surface area contributed by atoms with Gasteiger partial charge < -0.3 is 8.98 Å². The Morgan fingerprint density at radius 3 is 2.91 bits per heavy atom. The molecule has 3 rings (SSSR count). The van der Waals surface area contributed by atoms with Crippen LogP contribution in [-0.4, -0.2) is 37.7 Å². The first-order valence-corrected chi connectivity index (χ1v) is 8.12. The number of rotatable bonds is 5. The zero-order valence-corrected chi connectivity index (χ0v) is 13.7. The van der Waals surface area contributed by atoms with Gasteiger partial charge in [-0.3, -0.25) is 4.90 Å². The van der Waals surface area contributed by atoms with Crippen molar-refractivity contribution in [2.75, 3.05) is 13.1 Å². The molecule has 0 aliphatic carbocycles. The van der Waals surface area contributed by atoms with Gasteiger partial charge in [0.1, 0.15) is 5.82 Å². The third-order valence-corrected chi connectivity index (χ3v) is 4.33. The largest absolute Gasteiger partial charge is 0.424 e. The molecule has 1 aliphatic heterocycles. The van der Waals surface area contributed by atoms with E-state index in [1.807, 2.05) is 12.4 Å². The summed E-state index contributed by atoms with van der Waals surface area (Å²) in [5.41, 5.74) is 0. The van der Waals surface area contributed by atoms with E-state index in [0.29, 0.717) is 11.8 Å². The zero-order valence-electron chi connectivity index (χ0n) is 13.7. The molecule has 0 saturated carbocycles. The van der Waals surface area contributed by atoms with E-state index in [4.69, 9.17) is 4.42 Å². The maximum Gasteiger partial charge on any atom is 0.230 e. The van der Waals surface area contributed by atoms with Crippen molar-refractivity contribution in [2.45, 2.75) is 45.6 Å². The van der Waals surface area contributed by atoms with Gasteiger partial charge >= 0.3 is 0 Å². The smallest absolute Gasteiger partial charge is 0.230 e. The molecule has 2 aromatic heterocycles. The molecule has 1 atom stereocenters. The summed E-state index contributed by atoms with van der Waals surface area (Å²) in [4.78, 5) is 6.87. The highest BCUT2D eigenvalue weighted by molar-refractivity contribution is 4.94. The predicted octanol–water partition coefficient (Wildman–Crippen LogP) is 2.38. The molecular formula is C16H25N5O. The lowest BCUT2D eigenvalue weighted by Crippen LogP contribution is -2.36. The molecule has 0 bridgehead atoms. The number of aromatic nitrogens is 4. The SMILES string of the molecule is CC(C)c1nnc(CN2CCCC(Cc3nccn3C)C2)o1. The highest BCUT2D eigenvalue weighted by atomic mass is 16.4. The van der Waals surface area contributed by atoms with Gasteiger partial charge in [0.2, 0.25) is 11.8 Å². The molecule has 22 heavy (non-hydrogen) atoms.